The number of hydrogen-bond donors (Lipinski definition) is 1. The summed E-state index contributed by atoms with van der Waals surface area (Å²) in [4.78, 5) is 2.30. The highest BCUT2D eigenvalue weighted by atomic mass is 79.9. The lowest BCUT2D eigenvalue weighted by atomic mass is 10.1. The van der Waals surface area contributed by atoms with Crippen LogP contribution >= 0.6 is 27.7 Å². The van der Waals surface area contributed by atoms with Gasteiger partial charge in [0.25, 0.3) is 0 Å². The molecular formula is C13H14BrNOS. The Morgan fingerprint density at radius 3 is 2.59 bits per heavy atom. The van der Waals surface area contributed by atoms with Gasteiger partial charge < -0.3 is 10.2 Å². The smallest absolute Gasteiger partial charge is 0.114 e. The molecule has 0 bridgehead atoms. The number of aryl methyl sites for hydroxylation is 1. The fourth-order valence-corrected chi connectivity index (χ4v) is 2.96. The topological polar surface area (TPSA) is 39.2 Å². The molecule has 0 aliphatic rings. The van der Waals surface area contributed by atoms with Crippen LogP contribution in [0.2, 0.25) is 0 Å². The Hall–Kier alpha value is -0.710. The van der Waals surface area contributed by atoms with E-state index in [1.165, 1.54) is 4.90 Å². The van der Waals surface area contributed by atoms with Crippen molar-refractivity contribution in [2.45, 2.75) is 29.7 Å². The highest BCUT2D eigenvalue weighted by molar-refractivity contribution is 9.10. The van der Waals surface area contributed by atoms with Crippen LogP contribution < -0.4 is 5.73 Å². The molecule has 2 aromatic rings. The van der Waals surface area contributed by atoms with E-state index in [4.69, 9.17) is 10.2 Å². The molecular weight excluding hydrogens is 298 g/mol. The van der Waals surface area contributed by atoms with Crippen molar-refractivity contribution in [2.24, 2.45) is 5.73 Å². The lowest BCUT2D eigenvalue weighted by Gasteiger charge is -2.09. The second kappa shape index (κ2) is 5.29. The number of benzene rings is 1. The number of furan rings is 1. The van der Waals surface area contributed by atoms with Crippen molar-refractivity contribution in [1.29, 1.82) is 0 Å². The summed E-state index contributed by atoms with van der Waals surface area (Å²) < 4.78 is 6.35. The van der Waals surface area contributed by atoms with Crippen molar-refractivity contribution in [3.05, 3.63) is 46.3 Å². The van der Waals surface area contributed by atoms with Gasteiger partial charge in [-0.15, -0.1) is 0 Å². The molecule has 17 heavy (non-hydrogen) atoms. The molecule has 0 fully saturated rings. The molecule has 1 aromatic heterocycles. The molecule has 90 valence electrons. The van der Waals surface area contributed by atoms with Crippen molar-refractivity contribution in [3.8, 4) is 0 Å². The first-order valence-electron chi connectivity index (χ1n) is 5.35. The molecule has 0 spiro atoms. The standard InChI is InChI=1S/C13H14BrNOS/c1-8(15)10-3-4-13(11(14)7-10)17-12-5-6-16-9(12)2/h3-8H,15H2,1-2H3. The van der Waals surface area contributed by atoms with Gasteiger partial charge in [-0.2, -0.15) is 0 Å². The zero-order valence-corrected chi connectivity index (χ0v) is 12.1. The van der Waals surface area contributed by atoms with Gasteiger partial charge in [-0.3, -0.25) is 0 Å². The van der Waals surface area contributed by atoms with Crippen LogP contribution in [0.15, 0.2) is 49.2 Å². The van der Waals surface area contributed by atoms with Crippen LogP contribution in [0, 0.1) is 6.92 Å². The van der Waals surface area contributed by atoms with E-state index < -0.39 is 0 Å². The fraction of sp³-hybridized carbons (Fsp3) is 0.231. The molecule has 1 aromatic carbocycles. The van der Waals surface area contributed by atoms with Crippen LogP contribution in [-0.2, 0) is 0 Å². The van der Waals surface area contributed by atoms with E-state index in [0.29, 0.717) is 0 Å². The Labute approximate surface area is 114 Å². The monoisotopic (exact) mass is 311 g/mol. The Kier molecular flexibility index (Phi) is 3.97. The molecule has 2 nitrogen and oxygen atoms in total. The molecule has 1 unspecified atom stereocenters. The lowest BCUT2D eigenvalue weighted by molar-refractivity contribution is 0.527. The van der Waals surface area contributed by atoms with Gasteiger partial charge >= 0.3 is 0 Å². The van der Waals surface area contributed by atoms with E-state index in [1.54, 1.807) is 18.0 Å². The molecule has 0 radical (unpaired) electrons. The molecule has 0 amide bonds. The predicted octanol–water partition coefficient (Wildman–Crippen LogP) is 4.52. The normalized spacial score (nSPS) is 12.7. The maximum atomic E-state index is 5.85. The summed E-state index contributed by atoms with van der Waals surface area (Å²) in [5.74, 6) is 0.943. The summed E-state index contributed by atoms with van der Waals surface area (Å²) in [6.45, 7) is 3.95. The number of rotatable bonds is 3. The summed E-state index contributed by atoms with van der Waals surface area (Å²) in [5.41, 5.74) is 6.98. The van der Waals surface area contributed by atoms with Crippen molar-refractivity contribution in [2.75, 3.05) is 0 Å². The summed E-state index contributed by atoms with van der Waals surface area (Å²) in [6.07, 6.45) is 1.71. The third-order valence-electron chi connectivity index (χ3n) is 2.51. The molecule has 4 heteroatoms. The molecule has 0 saturated carbocycles. The van der Waals surface area contributed by atoms with E-state index in [-0.39, 0.29) is 6.04 Å². The summed E-state index contributed by atoms with van der Waals surface area (Å²) in [6, 6.07) is 8.25. The maximum Gasteiger partial charge on any atom is 0.114 e. The number of halogens is 1. The number of hydrogen-bond acceptors (Lipinski definition) is 3. The minimum Gasteiger partial charge on any atom is -0.468 e. The molecule has 0 aliphatic carbocycles. The van der Waals surface area contributed by atoms with Gasteiger partial charge in [0.1, 0.15) is 5.76 Å². The van der Waals surface area contributed by atoms with Gasteiger partial charge in [-0.05, 0) is 53.5 Å². The minimum atomic E-state index is 0.0565. The molecule has 0 saturated heterocycles. The fourth-order valence-electron chi connectivity index (χ4n) is 1.48. The second-order valence-electron chi connectivity index (χ2n) is 3.92. The van der Waals surface area contributed by atoms with Crippen molar-refractivity contribution < 1.29 is 4.42 Å². The molecule has 0 aliphatic heterocycles. The van der Waals surface area contributed by atoms with Gasteiger partial charge in [0, 0.05) is 15.4 Å². The maximum absolute atomic E-state index is 5.85. The zero-order valence-electron chi connectivity index (χ0n) is 9.74. The highest BCUT2D eigenvalue weighted by Gasteiger charge is 2.08. The average molecular weight is 312 g/mol. The molecule has 1 atom stereocenters. The van der Waals surface area contributed by atoms with E-state index in [1.807, 2.05) is 19.9 Å². The van der Waals surface area contributed by atoms with Crippen LogP contribution in [0.5, 0.6) is 0 Å². The molecule has 1 heterocycles. The average Bonchev–Trinajstić information content (AvgIpc) is 2.67. The zero-order chi connectivity index (χ0) is 12.4. The van der Waals surface area contributed by atoms with Gasteiger partial charge in [-0.1, -0.05) is 17.8 Å². The quantitative estimate of drug-likeness (QED) is 0.905. The largest absolute Gasteiger partial charge is 0.468 e. The molecule has 2 N–H and O–H groups in total. The van der Waals surface area contributed by atoms with E-state index in [9.17, 15) is 0 Å². The van der Waals surface area contributed by atoms with E-state index >= 15 is 0 Å². The predicted molar refractivity (Wildman–Crippen MR) is 74.3 cm³/mol. The lowest BCUT2D eigenvalue weighted by Crippen LogP contribution is -2.04. The van der Waals surface area contributed by atoms with Crippen LogP contribution in [0.3, 0.4) is 0 Å². The summed E-state index contributed by atoms with van der Waals surface area (Å²) >= 11 is 5.27. The SMILES string of the molecule is Cc1occc1Sc1ccc(C(C)N)cc1Br. The Morgan fingerprint density at radius 2 is 2.06 bits per heavy atom. The first kappa shape index (κ1) is 12.7. The first-order chi connectivity index (χ1) is 8.08. The summed E-state index contributed by atoms with van der Waals surface area (Å²) in [5, 5.41) is 0. The second-order valence-corrected chi connectivity index (χ2v) is 5.86. The van der Waals surface area contributed by atoms with Crippen molar-refractivity contribution >= 4 is 27.7 Å². The molecule has 2 rings (SSSR count). The van der Waals surface area contributed by atoms with Gasteiger partial charge in [0.2, 0.25) is 0 Å². The van der Waals surface area contributed by atoms with Gasteiger partial charge in [-0.25, -0.2) is 0 Å². The van der Waals surface area contributed by atoms with Gasteiger partial charge in [0.05, 0.1) is 11.2 Å². The van der Waals surface area contributed by atoms with Crippen LogP contribution in [0.1, 0.15) is 24.3 Å². The Balaban J connectivity index is 2.26. The first-order valence-corrected chi connectivity index (χ1v) is 6.96. The number of nitrogens with two attached hydrogens (primary N) is 1. The van der Waals surface area contributed by atoms with Crippen LogP contribution in [0.25, 0.3) is 0 Å². The Morgan fingerprint density at radius 1 is 1.29 bits per heavy atom. The van der Waals surface area contributed by atoms with Crippen LogP contribution in [-0.4, -0.2) is 0 Å². The third-order valence-corrected chi connectivity index (χ3v) is 4.65. The van der Waals surface area contributed by atoms with Crippen molar-refractivity contribution in [1.82, 2.24) is 0 Å². The Bertz CT molecular complexity index is 522. The van der Waals surface area contributed by atoms with Crippen LogP contribution in [0.4, 0.5) is 0 Å². The summed E-state index contributed by atoms with van der Waals surface area (Å²) in [7, 11) is 0. The highest BCUT2D eigenvalue weighted by Crippen LogP contribution is 2.36. The third kappa shape index (κ3) is 2.94. The van der Waals surface area contributed by atoms with Crippen molar-refractivity contribution in [3.63, 3.8) is 0 Å². The minimum absolute atomic E-state index is 0.0565. The van der Waals surface area contributed by atoms with E-state index in [2.05, 4.69) is 34.1 Å². The van der Waals surface area contributed by atoms with E-state index in [0.717, 1.165) is 20.7 Å². The van der Waals surface area contributed by atoms with Gasteiger partial charge in [0.15, 0.2) is 0 Å².